The van der Waals surface area contributed by atoms with Crippen molar-refractivity contribution in [2.75, 3.05) is 13.7 Å². The molecule has 2 rings (SSSR count). The second-order valence-corrected chi connectivity index (χ2v) is 2.65. The van der Waals surface area contributed by atoms with Gasteiger partial charge in [0.1, 0.15) is 12.4 Å². The summed E-state index contributed by atoms with van der Waals surface area (Å²) in [6.45, 7) is 0.489. The summed E-state index contributed by atoms with van der Waals surface area (Å²) in [4.78, 5) is 4.04. The lowest BCUT2D eigenvalue weighted by Gasteiger charge is -2.06. The first-order valence-electron chi connectivity index (χ1n) is 3.74. The van der Waals surface area contributed by atoms with Gasteiger partial charge in [-0.3, -0.25) is 0 Å². The molecule has 0 saturated carbocycles. The van der Waals surface area contributed by atoms with E-state index < -0.39 is 0 Å². The molecule has 2 N–H and O–H groups in total. The third-order valence-corrected chi connectivity index (χ3v) is 1.90. The minimum atomic E-state index is -0.108. The third kappa shape index (κ3) is 0.921. The Morgan fingerprint density at radius 1 is 1.75 bits per heavy atom. The monoisotopic (exact) mass is 166 g/mol. The first-order chi connectivity index (χ1) is 5.83. The number of nitrogens with zero attached hydrogens (tertiary/aromatic N) is 1. The van der Waals surface area contributed by atoms with Gasteiger partial charge in [0.2, 0.25) is 5.88 Å². The van der Waals surface area contributed by atoms with E-state index in [2.05, 4.69) is 4.98 Å². The summed E-state index contributed by atoms with van der Waals surface area (Å²) in [7, 11) is 1.61. The molecule has 0 bridgehead atoms. The fraction of sp³-hybridized carbons (Fsp3) is 0.375. The maximum absolute atomic E-state index is 5.78. The summed E-state index contributed by atoms with van der Waals surface area (Å²) < 4.78 is 10.4. The zero-order valence-corrected chi connectivity index (χ0v) is 6.78. The average Bonchev–Trinajstić information content (AvgIpc) is 2.48. The van der Waals surface area contributed by atoms with E-state index in [-0.39, 0.29) is 6.04 Å². The third-order valence-electron chi connectivity index (χ3n) is 1.90. The molecule has 12 heavy (non-hydrogen) atoms. The van der Waals surface area contributed by atoms with Gasteiger partial charge in [0.15, 0.2) is 0 Å². The highest BCUT2D eigenvalue weighted by molar-refractivity contribution is 5.44. The van der Waals surface area contributed by atoms with Crippen molar-refractivity contribution < 1.29 is 9.47 Å². The summed E-state index contributed by atoms with van der Waals surface area (Å²) in [5.41, 5.74) is 6.65. The van der Waals surface area contributed by atoms with E-state index in [0.29, 0.717) is 12.5 Å². The highest BCUT2D eigenvalue weighted by Crippen LogP contribution is 2.35. The molecule has 0 fully saturated rings. The zero-order valence-electron chi connectivity index (χ0n) is 6.78. The standard InChI is InChI=1S/C8H10N2O2/c1-11-6-2-3-10-8-7(6)5(9)4-12-8/h2-3,5H,4,9H2,1H3. The molecular formula is C8H10N2O2. The van der Waals surface area contributed by atoms with Crippen LogP contribution in [0.4, 0.5) is 0 Å². The second kappa shape index (κ2) is 2.64. The molecule has 1 atom stereocenters. The number of fused-ring (bicyclic) bond motifs is 1. The minimum Gasteiger partial charge on any atom is -0.496 e. The van der Waals surface area contributed by atoms with Gasteiger partial charge in [0.25, 0.3) is 0 Å². The van der Waals surface area contributed by atoms with Crippen LogP contribution >= 0.6 is 0 Å². The molecular weight excluding hydrogens is 156 g/mol. The van der Waals surface area contributed by atoms with Gasteiger partial charge in [-0.2, -0.15) is 0 Å². The quantitative estimate of drug-likeness (QED) is 0.659. The van der Waals surface area contributed by atoms with E-state index in [1.54, 1.807) is 19.4 Å². The first-order valence-corrected chi connectivity index (χ1v) is 3.74. The number of ether oxygens (including phenoxy) is 2. The van der Waals surface area contributed by atoms with Gasteiger partial charge in [-0.05, 0) is 6.07 Å². The van der Waals surface area contributed by atoms with Crippen molar-refractivity contribution in [3.63, 3.8) is 0 Å². The van der Waals surface area contributed by atoms with Gasteiger partial charge < -0.3 is 15.2 Å². The van der Waals surface area contributed by atoms with E-state index in [1.165, 1.54) is 0 Å². The van der Waals surface area contributed by atoms with Gasteiger partial charge in [-0.1, -0.05) is 0 Å². The largest absolute Gasteiger partial charge is 0.496 e. The summed E-state index contributed by atoms with van der Waals surface area (Å²) >= 11 is 0. The van der Waals surface area contributed by atoms with Crippen molar-refractivity contribution in [3.8, 4) is 11.6 Å². The molecule has 4 nitrogen and oxygen atoms in total. The molecule has 64 valence electrons. The zero-order chi connectivity index (χ0) is 8.55. The van der Waals surface area contributed by atoms with Gasteiger partial charge in [-0.25, -0.2) is 4.98 Å². The molecule has 0 aliphatic carbocycles. The second-order valence-electron chi connectivity index (χ2n) is 2.65. The fourth-order valence-corrected chi connectivity index (χ4v) is 1.32. The Morgan fingerprint density at radius 3 is 3.33 bits per heavy atom. The Bertz CT molecular complexity index is 301. The number of rotatable bonds is 1. The maximum Gasteiger partial charge on any atom is 0.222 e. The Morgan fingerprint density at radius 2 is 2.58 bits per heavy atom. The van der Waals surface area contributed by atoms with Gasteiger partial charge in [0, 0.05) is 6.20 Å². The molecule has 1 aromatic heterocycles. The van der Waals surface area contributed by atoms with Crippen molar-refractivity contribution in [2.24, 2.45) is 5.73 Å². The number of hydrogen-bond donors (Lipinski definition) is 1. The number of methoxy groups -OCH3 is 1. The molecule has 0 saturated heterocycles. The molecule has 0 spiro atoms. The van der Waals surface area contributed by atoms with Crippen LogP contribution in [0.5, 0.6) is 11.6 Å². The normalized spacial score (nSPS) is 20.0. The van der Waals surface area contributed by atoms with Crippen LogP contribution in [-0.4, -0.2) is 18.7 Å². The lowest BCUT2D eigenvalue weighted by molar-refractivity contribution is 0.323. The topological polar surface area (TPSA) is 57.4 Å². The first kappa shape index (κ1) is 7.36. The van der Waals surface area contributed by atoms with E-state index in [9.17, 15) is 0 Å². The summed E-state index contributed by atoms with van der Waals surface area (Å²) in [5.74, 6) is 1.35. The Kier molecular flexibility index (Phi) is 1.62. The predicted molar refractivity (Wildman–Crippen MR) is 43.2 cm³/mol. The summed E-state index contributed by atoms with van der Waals surface area (Å²) in [5, 5.41) is 0. The van der Waals surface area contributed by atoms with Crippen molar-refractivity contribution in [1.29, 1.82) is 0 Å². The van der Waals surface area contributed by atoms with Crippen LogP contribution < -0.4 is 15.2 Å². The molecule has 0 amide bonds. The molecule has 1 aliphatic rings. The molecule has 2 heterocycles. The molecule has 1 aromatic rings. The van der Waals surface area contributed by atoms with Crippen molar-refractivity contribution in [3.05, 3.63) is 17.8 Å². The van der Waals surface area contributed by atoms with E-state index in [0.717, 1.165) is 11.3 Å². The van der Waals surface area contributed by atoms with Crippen LogP contribution in [-0.2, 0) is 0 Å². The van der Waals surface area contributed by atoms with Crippen LogP contribution in [0.25, 0.3) is 0 Å². The Labute approximate surface area is 70.3 Å². The predicted octanol–water partition coefficient (Wildman–Crippen LogP) is 0.482. The van der Waals surface area contributed by atoms with Crippen LogP contribution in [0.15, 0.2) is 12.3 Å². The molecule has 1 unspecified atom stereocenters. The van der Waals surface area contributed by atoms with Crippen molar-refractivity contribution in [1.82, 2.24) is 4.98 Å². The minimum absolute atomic E-state index is 0.108. The lowest BCUT2D eigenvalue weighted by atomic mass is 10.1. The van der Waals surface area contributed by atoms with Crippen LogP contribution in [0.2, 0.25) is 0 Å². The fourth-order valence-electron chi connectivity index (χ4n) is 1.32. The Hall–Kier alpha value is -1.29. The Balaban J connectivity index is 2.53. The highest BCUT2D eigenvalue weighted by atomic mass is 16.5. The van der Waals surface area contributed by atoms with Crippen molar-refractivity contribution in [2.45, 2.75) is 6.04 Å². The highest BCUT2D eigenvalue weighted by Gasteiger charge is 2.25. The van der Waals surface area contributed by atoms with Gasteiger partial charge in [-0.15, -0.1) is 0 Å². The average molecular weight is 166 g/mol. The molecule has 0 aromatic carbocycles. The SMILES string of the molecule is COc1ccnc2c1C(N)CO2. The number of nitrogens with two attached hydrogens (primary N) is 1. The number of aromatic nitrogens is 1. The van der Waals surface area contributed by atoms with E-state index in [4.69, 9.17) is 15.2 Å². The van der Waals surface area contributed by atoms with Crippen LogP contribution in [0, 0.1) is 0 Å². The van der Waals surface area contributed by atoms with E-state index in [1.807, 2.05) is 0 Å². The number of hydrogen-bond acceptors (Lipinski definition) is 4. The molecule has 0 radical (unpaired) electrons. The van der Waals surface area contributed by atoms with Crippen LogP contribution in [0.1, 0.15) is 11.6 Å². The van der Waals surface area contributed by atoms with Gasteiger partial charge in [0.05, 0.1) is 18.7 Å². The molecule has 4 heteroatoms. The van der Waals surface area contributed by atoms with Crippen LogP contribution in [0.3, 0.4) is 0 Å². The lowest BCUT2D eigenvalue weighted by Crippen LogP contribution is -2.11. The summed E-state index contributed by atoms with van der Waals surface area (Å²) in [6.07, 6.45) is 1.65. The maximum atomic E-state index is 5.78. The van der Waals surface area contributed by atoms with E-state index >= 15 is 0 Å². The smallest absolute Gasteiger partial charge is 0.222 e. The van der Waals surface area contributed by atoms with Gasteiger partial charge >= 0.3 is 0 Å². The van der Waals surface area contributed by atoms with Crippen molar-refractivity contribution >= 4 is 0 Å². The molecule has 1 aliphatic heterocycles. The number of pyridine rings is 1. The summed E-state index contributed by atoms with van der Waals surface area (Å²) in [6, 6.07) is 1.68.